The topological polar surface area (TPSA) is 48.5 Å². The molecule has 61 heavy (non-hydrogen) atoms. The lowest BCUT2D eigenvalue weighted by Gasteiger charge is -2.21. The largest absolute Gasteiger partial charge is 0.295 e. The van der Waals surface area contributed by atoms with Gasteiger partial charge in [0.15, 0.2) is 17.5 Å². The average Bonchev–Trinajstić information content (AvgIpc) is 3.85. The molecule has 0 radical (unpaired) electrons. The Morgan fingerprint density at radius 2 is 0.918 bits per heavy atom. The number of nitrogens with zero attached hydrogens (tertiary/aromatic N) is 5. The van der Waals surface area contributed by atoms with Crippen LogP contribution in [-0.2, 0) is 0 Å². The first kappa shape index (κ1) is 34.1. The molecule has 4 heterocycles. The number of aromatic nitrogens is 5. The summed E-state index contributed by atoms with van der Waals surface area (Å²) >= 11 is 1.86. The molecule has 9 aromatic carbocycles. The molecule has 284 valence electrons. The molecule has 6 heteroatoms. The van der Waals surface area contributed by atoms with Crippen molar-refractivity contribution in [2.24, 2.45) is 0 Å². The lowest BCUT2D eigenvalue weighted by atomic mass is 10.0. The molecule has 0 fully saturated rings. The van der Waals surface area contributed by atoms with Crippen LogP contribution in [0.4, 0.5) is 0 Å². The van der Waals surface area contributed by atoms with E-state index in [4.69, 9.17) is 15.0 Å². The third-order valence-corrected chi connectivity index (χ3v) is 13.2. The predicted molar refractivity (Wildman–Crippen MR) is 252 cm³/mol. The highest BCUT2D eigenvalue weighted by Crippen LogP contribution is 2.49. The molecular weight excluding hydrogens is 763 g/mol. The van der Waals surface area contributed by atoms with Gasteiger partial charge in [-0.2, -0.15) is 0 Å². The zero-order valence-electron chi connectivity index (χ0n) is 32.7. The van der Waals surface area contributed by atoms with Crippen molar-refractivity contribution in [3.8, 4) is 56.7 Å². The van der Waals surface area contributed by atoms with Crippen LogP contribution < -0.4 is 0 Å². The zero-order valence-corrected chi connectivity index (χ0v) is 33.5. The Hall–Kier alpha value is -7.80. The Morgan fingerprint density at radius 3 is 1.62 bits per heavy atom. The minimum Gasteiger partial charge on any atom is -0.295 e. The molecule has 3 aromatic heterocycles. The summed E-state index contributed by atoms with van der Waals surface area (Å²) < 4.78 is 4.94. The number of benzene rings is 9. The van der Waals surface area contributed by atoms with Gasteiger partial charge in [0.05, 0.1) is 16.7 Å². The standard InChI is InChI=1S/C55H33N5S/c1-2-15-43(16-3-1)59-47-33-40(29-30-44(47)50-45-17-10-20-49-51(45)60(55(50)59)46-18-8-9-19-48(46)61-49)36-21-25-37(26-22-36)52-56-53(41-27-23-34-11-4-6-13-38(34)31-41)58-54(57-52)42-28-24-35-12-5-7-14-39(35)32-42/h1-33H. The molecular formula is C55H33N5S. The van der Waals surface area contributed by atoms with Gasteiger partial charge in [0.25, 0.3) is 0 Å². The number of para-hydroxylation sites is 3. The van der Waals surface area contributed by atoms with Crippen LogP contribution in [0.25, 0.3) is 111 Å². The summed E-state index contributed by atoms with van der Waals surface area (Å²) in [6.45, 7) is 0. The van der Waals surface area contributed by atoms with Crippen molar-refractivity contribution in [3.05, 3.63) is 200 Å². The molecule has 1 aliphatic heterocycles. The molecule has 0 N–H and O–H groups in total. The van der Waals surface area contributed by atoms with Crippen LogP contribution in [0.1, 0.15) is 0 Å². The Morgan fingerprint density at radius 1 is 0.361 bits per heavy atom. The van der Waals surface area contributed by atoms with E-state index in [0.717, 1.165) is 44.3 Å². The van der Waals surface area contributed by atoms with Crippen LogP contribution in [0.15, 0.2) is 210 Å². The minimum atomic E-state index is 0.635. The summed E-state index contributed by atoms with van der Waals surface area (Å²) in [5.41, 5.74) is 11.1. The molecule has 0 atom stereocenters. The van der Waals surface area contributed by atoms with Crippen LogP contribution in [0.3, 0.4) is 0 Å². The second-order valence-electron chi connectivity index (χ2n) is 15.7. The highest BCUT2D eigenvalue weighted by atomic mass is 32.2. The van der Waals surface area contributed by atoms with Gasteiger partial charge >= 0.3 is 0 Å². The van der Waals surface area contributed by atoms with Gasteiger partial charge in [-0.25, -0.2) is 15.0 Å². The average molecular weight is 796 g/mol. The van der Waals surface area contributed by atoms with Gasteiger partial charge in [0, 0.05) is 48.3 Å². The van der Waals surface area contributed by atoms with Crippen LogP contribution in [0.2, 0.25) is 0 Å². The first-order valence-electron chi connectivity index (χ1n) is 20.5. The molecule has 12 aromatic rings. The van der Waals surface area contributed by atoms with Gasteiger partial charge in [-0.1, -0.05) is 163 Å². The van der Waals surface area contributed by atoms with E-state index in [9.17, 15) is 0 Å². The summed E-state index contributed by atoms with van der Waals surface area (Å²) in [6.07, 6.45) is 0. The Balaban J connectivity index is 0.962. The Bertz CT molecular complexity index is 3640. The fourth-order valence-electron chi connectivity index (χ4n) is 9.23. The second-order valence-corrected chi connectivity index (χ2v) is 16.8. The summed E-state index contributed by atoms with van der Waals surface area (Å²) in [5, 5.41) is 8.43. The highest BCUT2D eigenvalue weighted by molar-refractivity contribution is 7.99. The molecule has 1 aliphatic rings. The molecule has 0 amide bonds. The maximum Gasteiger partial charge on any atom is 0.164 e. The van der Waals surface area contributed by atoms with Gasteiger partial charge in [-0.05, 0) is 81.2 Å². The van der Waals surface area contributed by atoms with Crippen LogP contribution in [0, 0.1) is 0 Å². The normalized spacial score (nSPS) is 12.2. The summed E-state index contributed by atoms with van der Waals surface area (Å²) in [7, 11) is 0. The number of hydrogen-bond donors (Lipinski definition) is 0. The zero-order chi connectivity index (χ0) is 40.0. The van der Waals surface area contributed by atoms with Crippen molar-refractivity contribution < 1.29 is 0 Å². The molecule has 5 nitrogen and oxygen atoms in total. The van der Waals surface area contributed by atoms with Gasteiger partial charge < -0.3 is 0 Å². The molecule has 0 spiro atoms. The highest BCUT2D eigenvalue weighted by Gasteiger charge is 2.28. The predicted octanol–water partition coefficient (Wildman–Crippen LogP) is 14.4. The monoisotopic (exact) mass is 795 g/mol. The van der Waals surface area contributed by atoms with Gasteiger partial charge in [0.2, 0.25) is 0 Å². The van der Waals surface area contributed by atoms with E-state index in [2.05, 4.69) is 209 Å². The fraction of sp³-hybridized carbons (Fsp3) is 0. The molecule has 0 unspecified atom stereocenters. The number of fused-ring (bicyclic) bond motifs is 9. The third kappa shape index (κ3) is 5.39. The van der Waals surface area contributed by atoms with Crippen molar-refractivity contribution in [2.45, 2.75) is 9.79 Å². The number of hydrogen-bond acceptors (Lipinski definition) is 4. The van der Waals surface area contributed by atoms with E-state index in [-0.39, 0.29) is 0 Å². The van der Waals surface area contributed by atoms with Crippen molar-refractivity contribution in [1.29, 1.82) is 0 Å². The van der Waals surface area contributed by atoms with Gasteiger partial charge in [0.1, 0.15) is 5.65 Å². The van der Waals surface area contributed by atoms with E-state index in [0.29, 0.717) is 17.5 Å². The summed E-state index contributed by atoms with van der Waals surface area (Å²) in [5.74, 6) is 1.93. The van der Waals surface area contributed by atoms with Crippen molar-refractivity contribution >= 4 is 66.1 Å². The quantitative estimate of drug-likeness (QED) is 0.174. The van der Waals surface area contributed by atoms with Crippen molar-refractivity contribution in [2.75, 3.05) is 0 Å². The maximum absolute atomic E-state index is 5.11. The Kier molecular flexibility index (Phi) is 7.47. The van der Waals surface area contributed by atoms with Crippen LogP contribution >= 0.6 is 11.8 Å². The van der Waals surface area contributed by atoms with Crippen LogP contribution in [-0.4, -0.2) is 24.1 Å². The third-order valence-electron chi connectivity index (χ3n) is 12.1. The van der Waals surface area contributed by atoms with Crippen molar-refractivity contribution in [3.63, 3.8) is 0 Å². The first-order valence-corrected chi connectivity index (χ1v) is 21.3. The summed E-state index contributed by atoms with van der Waals surface area (Å²) in [4.78, 5) is 17.8. The van der Waals surface area contributed by atoms with E-state index in [1.165, 1.54) is 59.1 Å². The van der Waals surface area contributed by atoms with E-state index in [1.807, 2.05) is 11.8 Å². The van der Waals surface area contributed by atoms with E-state index >= 15 is 0 Å². The second kappa shape index (κ2) is 13.4. The smallest absolute Gasteiger partial charge is 0.164 e. The molecule has 0 aliphatic carbocycles. The molecule has 13 rings (SSSR count). The Labute approximate surface area is 355 Å². The summed E-state index contributed by atoms with van der Waals surface area (Å²) in [6, 6.07) is 71.4. The lowest BCUT2D eigenvalue weighted by Crippen LogP contribution is -2.05. The minimum absolute atomic E-state index is 0.635. The van der Waals surface area contributed by atoms with Crippen LogP contribution in [0.5, 0.6) is 0 Å². The lowest BCUT2D eigenvalue weighted by molar-refractivity contribution is 1.03. The molecule has 0 saturated heterocycles. The van der Waals surface area contributed by atoms with E-state index in [1.54, 1.807) is 0 Å². The first-order chi connectivity index (χ1) is 30.2. The molecule has 0 saturated carbocycles. The SMILES string of the molecule is c1ccc(-n2c3cc(-c4ccc(-c5nc(-c6ccc7ccccc7c6)nc(-c6ccc7ccccc7c6)n5)cc4)ccc3c3c4cccc5c4n(c32)-c2ccccc2S5)cc1. The number of rotatable bonds is 5. The van der Waals surface area contributed by atoms with E-state index < -0.39 is 0 Å². The fourth-order valence-corrected chi connectivity index (χ4v) is 10.3. The van der Waals surface area contributed by atoms with Gasteiger partial charge in [-0.15, -0.1) is 0 Å². The molecule has 0 bridgehead atoms. The van der Waals surface area contributed by atoms with Gasteiger partial charge in [-0.3, -0.25) is 9.13 Å². The van der Waals surface area contributed by atoms with Crippen molar-refractivity contribution in [1.82, 2.24) is 24.1 Å². The maximum atomic E-state index is 5.11.